The number of hydrogen-bond acceptors (Lipinski definition) is 6. The van der Waals surface area contributed by atoms with Crippen molar-refractivity contribution in [1.29, 1.82) is 0 Å². The highest BCUT2D eigenvalue weighted by molar-refractivity contribution is 8.00. The lowest BCUT2D eigenvalue weighted by molar-refractivity contribution is 0.415. The quantitative estimate of drug-likeness (QED) is 0.629. The van der Waals surface area contributed by atoms with Crippen molar-refractivity contribution in [3.8, 4) is 17.1 Å². The lowest BCUT2D eigenvalue weighted by atomic mass is 10.2. The Kier molecular flexibility index (Phi) is 4.97. The molecule has 1 aromatic carbocycles. The van der Waals surface area contributed by atoms with Gasteiger partial charge in [0.15, 0.2) is 11.5 Å². The van der Waals surface area contributed by atoms with Gasteiger partial charge >= 0.3 is 5.69 Å². The number of hydrogen-bond donors (Lipinski definition) is 0. The highest BCUT2D eigenvalue weighted by Gasteiger charge is 2.23. The van der Waals surface area contributed by atoms with Gasteiger partial charge in [0, 0.05) is 24.9 Å². The minimum Gasteiger partial charge on any atom is -0.497 e. The molecule has 0 aliphatic heterocycles. The predicted molar refractivity (Wildman–Crippen MR) is 110 cm³/mol. The van der Waals surface area contributed by atoms with Gasteiger partial charge in [-0.25, -0.2) is 14.8 Å². The van der Waals surface area contributed by atoms with Crippen molar-refractivity contribution in [3.63, 3.8) is 0 Å². The van der Waals surface area contributed by atoms with Crippen molar-refractivity contribution in [1.82, 2.24) is 19.1 Å². The van der Waals surface area contributed by atoms with E-state index in [1.165, 1.54) is 24.5 Å². The fraction of sp³-hybridized carbons (Fsp3) is 0.400. The van der Waals surface area contributed by atoms with Gasteiger partial charge in [-0.3, -0.25) is 13.9 Å². The maximum Gasteiger partial charge on any atom is 0.332 e. The van der Waals surface area contributed by atoms with Crippen LogP contribution in [0, 0.1) is 0 Å². The van der Waals surface area contributed by atoms with E-state index in [-0.39, 0.29) is 5.56 Å². The largest absolute Gasteiger partial charge is 0.497 e. The Morgan fingerprint density at radius 3 is 2.57 bits per heavy atom. The highest BCUT2D eigenvalue weighted by atomic mass is 32.2. The molecule has 3 aromatic rings. The number of nitrogens with zero attached hydrogens (tertiary/aromatic N) is 4. The molecule has 2 aromatic heterocycles. The van der Waals surface area contributed by atoms with E-state index >= 15 is 0 Å². The molecule has 0 unspecified atom stereocenters. The van der Waals surface area contributed by atoms with Crippen molar-refractivity contribution in [3.05, 3.63) is 45.1 Å². The number of aryl methyl sites for hydroxylation is 1. The lowest BCUT2D eigenvalue weighted by Gasteiger charge is -2.14. The number of aromatic nitrogens is 4. The van der Waals surface area contributed by atoms with Crippen LogP contribution in [0.4, 0.5) is 0 Å². The molecule has 8 heteroatoms. The average Bonchev–Trinajstić information content (AvgIpc) is 3.23. The van der Waals surface area contributed by atoms with Crippen molar-refractivity contribution in [2.75, 3.05) is 7.11 Å². The second-order valence-electron chi connectivity index (χ2n) is 7.01. The predicted octanol–water partition coefficient (Wildman–Crippen LogP) is 2.74. The molecule has 0 N–H and O–H groups in total. The van der Waals surface area contributed by atoms with Gasteiger partial charge in [0.2, 0.25) is 0 Å². The van der Waals surface area contributed by atoms with Crippen LogP contribution in [-0.2, 0) is 14.1 Å². The number of ether oxygens (including phenoxy) is 1. The third-order valence-electron chi connectivity index (χ3n) is 5.18. The second kappa shape index (κ2) is 7.43. The highest BCUT2D eigenvalue weighted by Crippen LogP contribution is 2.36. The normalized spacial score (nSPS) is 14.7. The van der Waals surface area contributed by atoms with Gasteiger partial charge in [-0.2, -0.15) is 0 Å². The van der Waals surface area contributed by atoms with Gasteiger partial charge in [0.25, 0.3) is 5.56 Å². The molecule has 146 valence electrons. The standard InChI is InChI=1S/C20H22N4O3S/c1-23-17-15(19(25)24(2)20(23)26)18(28-14-9-4-5-10-14)22-16(21-17)12-7-6-8-13(11-12)27-3/h6-8,11,14H,4-5,9-10H2,1-3H3. The average molecular weight is 398 g/mol. The van der Waals surface area contributed by atoms with Gasteiger partial charge in [0.05, 0.1) is 7.11 Å². The first-order valence-electron chi connectivity index (χ1n) is 9.28. The van der Waals surface area contributed by atoms with E-state index < -0.39 is 5.69 Å². The SMILES string of the molecule is COc1cccc(-c2nc(SC3CCCC3)c3c(=O)n(C)c(=O)n(C)c3n2)c1. The molecule has 0 atom stereocenters. The number of rotatable bonds is 4. The zero-order valence-electron chi connectivity index (χ0n) is 16.1. The Morgan fingerprint density at radius 1 is 1.11 bits per heavy atom. The summed E-state index contributed by atoms with van der Waals surface area (Å²) >= 11 is 1.63. The lowest BCUT2D eigenvalue weighted by Crippen LogP contribution is -2.37. The van der Waals surface area contributed by atoms with Crippen LogP contribution in [-0.4, -0.2) is 31.5 Å². The molecule has 0 saturated heterocycles. The molecular weight excluding hydrogens is 376 g/mol. The third kappa shape index (κ3) is 3.22. The summed E-state index contributed by atoms with van der Waals surface area (Å²) in [6, 6.07) is 7.47. The number of thioether (sulfide) groups is 1. The van der Waals surface area contributed by atoms with Crippen molar-refractivity contribution in [2.45, 2.75) is 36.0 Å². The van der Waals surface area contributed by atoms with Crippen LogP contribution in [0.2, 0.25) is 0 Å². The van der Waals surface area contributed by atoms with Crippen molar-refractivity contribution < 1.29 is 4.74 Å². The van der Waals surface area contributed by atoms with E-state index in [2.05, 4.69) is 4.98 Å². The Labute approximate surface area is 166 Å². The number of benzene rings is 1. The van der Waals surface area contributed by atoms with E-state index in [1.54, 1.807) is 25.9 Å². The summed E-state index contributed by atoms with van der Waals surface area (Å²) in [6.45, 7) is 0. The second-order valence-corrected chi connectivity index (χ2v) is 8.30. The molecule has 0 bridgehead atoms. The van der Waals surface area contributed by atoms with Gasteiger partial charge in [0.1, 0.15) is 16.2 Å². The van der Waals surface area contributed by atoms with Crippen molar-refractivity contribution >= 4 is 22.8 Å². The first kappa shape index (κ1) is 18.7. The van der Waals surface area contributed by atoms with Crippen LogP contribution in [0.5, 0.6) is 5.75 Å². The first-order valence-corrected chi connectivity index (χ1v) is 10.2. The fourth-order valence-electron chi connectivity index (χ4n) is 3.57. The number of fused-ring (bicyclic) bond motifs is 1. The van der Waals surface area contributed by atoms with Crippen LogP contribution < -0.4 is 16.0 Å². The Bertz CT molecular complexity index is 1160. The van der Waals surface area contributed by atoms with E-state index in [4.69, 9.17) is 9.72 Å². The maximum atomic E-state index is 12.9. The zero-order chi connectivity index (χ0) is 19.8. The zero-order valence-corrected chi connectivity index (χ0v) is 17.0. The molecule has 0 radical (unpaired) electrons. The molecule has 2 heterocycles. The topological polar surface area (TPSA) is 79.0 Å². The van der Waals surface area contributed by atoms with Gasteiger partial charge in [-0.1, -0.05) is 25.0 Å². The summed E-state index contributed by atoms with van der Waals surface area (Å²) in [5.74, 6) is 1.18. The molecule has 4 rings (SSSR count). The van der Waals surface area contributed by atoms with Crippen LogP contribution in [0.3, 0.4) is 0 Å². The third-order valence-corrected chi connectivity index (χ3v) is 6.50. The molecule has 1 saturated carbocycles. The van der Waals surface area contributed by atoms with Crippen molar-refractivity contribution in [2.24, 2.45) is 14.1 Å². The Balaban J connectivity index is 1.99. The Hall–Kier alpha value is -2.61. The molecule has 1 aliphatic rings. The summed E-state index contributed by atoms with van der Waals surface area (Å²) in [4.78, 5) is 34.7. The summed E-state index contributed by atoms with van der Waals surface area (Å²) in [5.41, 5.74) is 0.393. The van der Waals surface area contributed by atoms with E-state index in [9.17, 15) is 9.59 Å². The van der Waals surface area contributed by atoms with Crippen LogP contribution in [0.25, 0.3) is 22.4 Å². The maximum absolute atomic E-state index is 12.9. The summed E-state index contributed by atoms with van der Waals surface area (Å²) < 4.78 is 7.85. The molecule has 1 fully saturated rings. The molecule has 1 aliphatic carbocycles. The van der Waals surface area contributed by atoms with E-state index in [0.717, 1.165) is 23.0 Å². The monoisotopic (exact) mass is 398 g/mol. The van der Waals surface area contributed by atoms with E-state index in [0.29, 0.717) is 32.9 Å². The molecule has 7 nitrogen and oxygen atoms in total. The summed E-state index contributed by atoms with van der Waals surface area (Å²) in [5, 5.41) is 1.48. The molecular formula is C20H22N4O3S. The summed E-state index contributed by atoms with van der Waals surface area (Å²) in [7, 11) is 4.73. The van der Waals surface area contributed by atoms with E-state index in [1.807, 2.05) is 24.3 Å². The van der Waals surface area contributed by atoms with Crippen LogP contribution >= 0.6 is 11.8 Å². The fourth-order valence-corrected chi connectivity index (χ4v) is 4.89. The van der Waals surface area contributed by atoms with Gasteiger partial charge in [-0.05, 0) is 25.0 Å². The van der Waals surface area contributed by atoms with Crippen LogP contribution in [0.15, 0.2) is 38.9 Å². The minimum absolute atomic E-state index is 0.351. The first-order chi connectivity index (χ1) is 13.5. The van der Waals surface area contributed by atoms with Gasteiger partial charge in [-0.15, -0.1) is 11.8 Å². The summed E-state index contributed by atoms with van der Waals surface area (Å²) in [6.07, 6.45) is 4.60. The molecule has 28 heavy (non-hydrogen) atoms. The van der Waals surface area contributed by atoms with Gasteiger partial charge < -0.3 is 4.74 Å². The minimum atomic E-state index is -0.399. The number of methoxy groups -OCH3 is 1. The molecule has 0 amide bonds. The smallest absolute Gasteiger partial charge is 0.332 e. The van der Waals surface area contributed by atoms with Crippen LogP contribution in [0.1, 0.15) is 25.7 Å². The molecule has 0 spiro atoms. The Morgan fingerprint density at radius 2 is 1.86 bits per heavy atom.